The van der Waals surface area contributed by atoms with Gasteiger partial charge in [-0.25, -0.2) is 0 Å². The van der Waals surface area contributed by atoms with Crippen molar-refractivity contribution in [2.24, 2.45) is 0 Å². The number of rotatable bonds is 1. The molecule has 0 saturated carbocycles. The van der Waals surface area contributed by atoms with E-state index in [1.165, 1.54) is 6.07 Å². The highest BCUT2D eigenvalue weighted by Crippen LogP contribution is 2.12. The summed E-state index contributed by atoms with van der Waals surface area (Å²) in [5, 5.41) is 17.4. The monoisotopic (exact) mass is 158 g/mol. The summed E-state index contributed by atoms with van der Waals surface area (Å²) in [5.41, 5.74) is 0. The average molecular weight is 158 g/mol. The van der Waals surface area contributed by atoms with Crippen molar-refractivity contribution in [1.29, 1.82) is 0 Å². The molecule has 1 aromatic heterocycles. The molecule has 0 aliphatic heterocycles. The molecule has 0 bridgehead atoms. The smallest absolute Gasteiger partial charge is 0.169 e. The molecule has 0 radical (unpaired) electrons. The summed E-state index contributed by atoms with van der Waals surface area (Å²) in [7, 11) is 0. The van der Waals surface area contributed by atoms with Crippen molar-refractivity contribution in [2.45, 2.75) is 6.61 Å². The van der Waals surface area contributed by atoms with Crippen LogP contribution in [0.2, 0.25) is 0 Å². The highest BCUT2D eigenvalue weighted by molar-refractivity contribution is 7.71. The molecule has 10 heavy (non-hydrogen) atoms. The third-order valence-electron chi connectivity index (χ3n) is 1.02. The normalized spacial score (nSPS) is 9.70. The molecule has 3 nitrogen and oxygen atoms in total. The third-order valence-corrected chi connectivity index (χ3v) is 1.35. The molecule has 54 valence electrons. The quantitative estimate of drug-likeness (QED) is 0.603. The standard InChI is InChI=1S/C6H6O3S/c7-2-4-1-6(10)5(8)3-9-4/h1,3,7-8H,2H2. The van der Waals surface area contributed by atoms with Gasteiger partial charge in [-0.2, -0.15) is 0 Å². The molecule has 0 spiro atoms. The van der Waals surface area contributed by atoms with E-state index in [9.17, 15) is 0 Å². The summed E-state index contributed by atoms with van der Waals surface area (Å²) in [6, 6.07) is 1.41. The zero-order valence-corrected chi connectivity index (χ0v) is 5.89. The summed E-state index contributed by atoms with van der Waals surface area (Å²) in [4.78, 5) is 0. The predicted octanol–water partition coefficient (Wildman–Crippen LogP) is 1.21. The maximum Gasteiger partial charge on any atom is 0.169 e. The number of hydrogen-bond acceptors (Lipinski definition) is 4. The van der Waals surface area contributed by atoms with Gasteiger partial charge in [0.1, 0.15) is 18.6 Å². The molecule has 4 heteroatoms. The van der Waals surface area contributed by atoms with E-state index in [1.54, 1.807) is 0 Å². The van der Waals surface area contributed by atoms with Crippen LogP contribution in [0.5, 0.6) is 5.75 Å². The van der Waals surface area contributed by atoms with Crippen LogP contribution in [-0.4, -0.2) is 10.2 Å². The minimum atomic E-state index is -0.204. The van der Waals surface area contributed by atoms with Crippen LogP contribution >= 0.6 is 12.2 Å². The van der Waals surface area contributed by atoms with E-state index in [0.717, 1.165) is 6.26 Å². The topological polar surface area (TPSA) is 53.6 Å². The predicted molar refractivity (Wildman–Crippen MR) is 37.1 cm³/mol. The molecule has 1 aromatic rings. The van der Waals surface area contributed by atoms with Gasteiger partial charge in [0, 0.05) is 6.07 Å². The Morgan fingerprint density at radius 3 is 2.80 bits per heavy atom. The van der Waals surface area contributed by atoms with Gasteiger partial charge in [-0.15, -0.1) is 0 Å². The Balaban J connectivity index is 3.17. The second kappa shape index (κ2) is 2.81. The summed E-state index contributed by atoms with van der Waals surface area (Å²) in [6.07, 6.45) is 1.11. The molecule has 0 fully saturated rings. The zero-order chi connectivity index (χ0) is 7.56. The van der Waals surface area contributed by atoms with E-state index >= 15 is 0 Å². The summed E-state index contributed by atoms with van der Waals surface area (Å²) in [5.74, 6) is 0.273. The molecular weight excluding hydrogens is 152 g/mol. The minimum absolute atomic E-state index is 0.0767. The van der Waals surface area contributed by atoms with Crippen LogP contribution in [-0.2, 0) is 6.61 Å². The van der Waals surface area contributed by atoms with E-state index in [4.69, 9.17) is 14.6 Å². The van der Waals surface area contributed by atoms with Gasteiger partial charge in [0.15, 0.2) is 5.75 Å². The van der Waals surface area contributed by atoms with Crippen LogP contribution < -0.4 is 0 Å². The fourth-order valence-corrected chi connectivity index (χ4v) is 0.706. The fourth-order valence-electron chi connectivity index (χ4n) is 0.527. The number of hydrogen-bond donors (Lipinski definition) is 2. The van der Waals surface area contributed by atoms with Gasteiger partial charge < -0.3 is 14.6 Å². The highest BCUT2D eigenvalue weighted by atomic mass is 32.1. The first-order chi connectivity index (χ1) is 4.74. The van der Waals surface area contributed by atoms with Gasteiger partial charge >= 0.3 is 0 Å². The van der Waals surface area contributed by atoms with Crippen molar-refractivity contribution >= 4 is 12.2 Å². The molecule has 0 aliphatic rings. The minimum Gasteiger partial charge on any atom is -0.504 e. The van der Waals surface area contributed by atoms with Crippen molar-refractivity contribution in [2.75, 3.05) is 0 Å². The Kier molecular flexibility index (Phi) is 2.03. The van der Waals surface area contributed by atoms with E-state index in [2.05, 4.69) is 12.2 Å². The number of aliphatic hydroxyl groups is 1. The lowest BCUT2D eigenvalue weighted by Gasteiger charge is -1.94. The number of aromatic hydroxyl groups is 1. The van der Waals surface area contributed by atoms with Crippen molar-refractivity contribution in [3.8, 4) is 5.75 Å². The van der Waals surface area contributed by atoms with Gasteiger partial charge in [0.25, 0.3) is 0 Å². The lowest BCUT2D eigenvalue weighted by atomic mass is 10.4. The second-order valence-electron chi connectivity index (χ2n) is 1.75. The summed E-state index contributed by atoms with van der Waals surface area (Å²) in [6.45, 7) is -0.204. The van der Waals surface area contributed by atoms with Gasteiger partial charge in [0.05, 0.1) is 4.51 Å². The van der Waals surface area contributed by atoms with Crippen LogP contribution in [0.4, 0.5) is 0 Å². The molecule has 0 amide bonds. The van der Waals surface area contributed by atoms with Crippen molar-refractivity contribution in [3.05, 3.63) is 22.6 Å². The summed E-state index contributed by atoms with van der Waals surface area (Å²) >= 11 is 4.69. The first-order valence-electron chi connectivity index (χ1n) is 2.65. The lowest BCUT2D eigenvalue weighted by molar-refractivity contribution is 0.241. The van der Waals surface area contributed by atoms with Crippen LogP contribution in [0.1, 0.15) is 5.76 Å². The Labute approximate surface area is 62.5 Å². The molecule has 0 atom stereocenters. The average Bonchev–Trinajstić information content (AvgIpc) is 1.95. The second-order valence-corrected chi connectivity index (χ2v) is 2.19. The van der Waals surface area contributed by atoms with E-state index in [-0.39, 0.29) is 16.9 Å². The Morgan fingerprint density at radius 2 is 2.30 bits per heavy atom. The van der Waals surface area contributed by atoms with E-state index in [1.807, 2.05) is 0 Å². The molecular formula is C6H6O3S. The molecule has 0 saturated heterocycles. The summed E-state index contributed by atoms with van der Waals surface area (Å²) < 4.78 is 5.01. The molecule has 0 aliphatic carbocycles. The van der Waals surface area contributed by atoms with E-state index in [0.29, 0.717) is 5.76 Å². The SMILES string of the molecule is OCc1cc(=S)c(O)co1. The third kappa shape index (κ3) is 1.34. The largest absolute Gasteiger partial charge is 0.504 e. The zero-order valence-electron chi connectivity index (χ0n) is 5.07. The van der Waals surface area contributed by atoms with Gasteiger partial charge in [-0.3, -0.25) is 0 Å². The maximum absolute atomic E-state index is 8.86. The van der Waals surface area contributed by atoms with Crippen molar-refractivity contribution < 1.29 is 14.6 Å². The molecule has 0 aromatic carbocycles. The highest BCUT2D eigenvalue weighted by Gasteiger charge is 1.95. The lowest BCUT2D eigenvalue weighted by Crippen LogP contribution is -1.80. The van der Waals surface area contributed by atoms with Crippen LogP contribution in [0.25, 0.3) is 0 Å². The van der Waals surface area contributed by atoms with E-state index < -0.39 is 0 Å². The van der Waals surface area contributed by atoms with Crippen molar-refractivity contribution in [1.82, 2.24) is 0 Å². The molecule has 1 rings (SSSR count). The van der Waals surface area contributed by atoms with Gasteiger partial charge in [0.2, 0.25) is 0 Å². The first kappa shape index (κ1) is 7.24. The Bertz CT molecular complexity index is 279. The molecule has 0 unspecified atom stereocenters. The maximum atomic E-state index is 8.86. The van der Waals surface area contributed by atoms with Gasteiger partial charge in [-0.05, 0) is 0 Å². The van der Waals surface area contributed by atoms with Crippen molar-refractivity contribution in [3.63, 3.8) is 0 Å². The molecule has 1 heterocycles. The van der Waals surface area contributed by atoms with Crippen LogP contribution in [0.15, 0.2) is 16.7 Å². The number of aliphatic hydroxyl groups excluding tert-OH is 1. The van der Waals surface area contributed by atoms with Crippen LogP contribution in [0, 0.1) is 4.51 Å². The first-order valence-corrected chi connectivity index (χ1v) is 3.06. The van der Waals surface area contributed by atoms with Gasteiger partial charge in [-0.1, -0.05) is 12.2 Å². The van der Waals surface area contributed by atoms with Crippen LogP contribution in [0.3, 0.4) is 0 Å². The Hall–Kier alpha value is -0.870. The molecule has 2 N–H and O–H groups in total. The fraction of sp³-hybridized carbons (Fsp3) is 0.167. The Morgan fingerprint density at radius 1 is 1.60 bits per heavy atom.